The fraction of sp³-hybridized carbons (Fsp3) is 0.761. The molecule has 0 bridgehead atoms. The number of ether oxygens (including phenoxy) is 3. The molecule has 0 aliphatic rings. The molecule has 0 aromatic rings. The van der Waals surface area contributed by atoms with E-state index in [0.29, 0.717) is 19.3 Å². The summed E-state index contributed by atoms with van der Waals surface area (Å²) in [6.45, 7) is 6.62. The summed E-state index contributed by atoms with van der Waals surface area (Å²) in [6.07, 6.45) is 85.8. The van der Waals surface area contributed by atoms with E-state index in [4.69, 9.17) is 14.2 Å². The minimum Gasteiger partial charge on any atom is -0.462 e. The van der Waals surface area contributed by atoms with E-state index >= 15 is 0 Å². The van der Waals surface area contributed by atoms with Crippen molar-refractivity contribution >= 4 is 17.9 Å². The van der Waals surface area contributed by atoms with Crippen molar-refractivity contribution in [3.8, 4) is 0 Å². The molecule has 0 amide bonds. The van der Waals surface area contributed by atoms with Crippen LogP contribution < -0.4 is 0 Å². The Morgan fingerprint density at radius 3 is 0.740 bits per heavy atom. The molecule has 0 rings (SSSR count). The molecule has 6 nitrogen and oxygen atoms in total. The first-order chi connectivity index (χ1) is 38.0. The molecule has 77 heavy (non-hydrogen) atoms. The normalized spacial score (nSPS) is 12.6. The second-order valence-electron chi connectivity index (χ2n) is 22.0. The highest BCUT2D eigenvalue weighted by molar-refractivity contribution is 5.71. The fourth-order valence-corrected chi connectivity index (χ4v) is 9.33. The van der Waals surface area contributed by atoms with Gasteiger partial charge in [-0.3, -0.25) is 14.4 Å². The Labute approximate surface area is 477 Å². The van der Waals surface area contributed by atoms with Crippen LogP contribution in [-0.2, 0) is 28.6 Å². The zero-order valence-corrected chi connectivity index (χ0v) is 51.0. The summed E-state index contributed by atoms with van der Waals surface area (Å²) in [7, 11) is 0. The van der Waals surface area contributed by atoms with Crippen LogP contribution in [0.5, 0.6) is 0 Å². The van der Waals surface area contributed by atoms with E-state index in [9.17, 15) is 14.4 Å². The number of allylic oxidation sites excluding steroid dienone is 14. The second-order valence-corrected chi connectivity index (χ2v) is 22.0. The maximum absolute atomic E-state index is 12.9. The number of esters is 3. The number of carbonyl (C=O) groups excluding carboxylic acids is 3. The molecule has 0 radical (unpaired) electrons. The Morgan fingerprint density at radius 2 is 0.468 bits per heavy atom. The lowest BCUT2D eigenvalue weighted by atomic mass is 10.1. The van der Waals surface area contributed by atoms with Gasteiger partial charge in [0, 0.05) is 19.3 Å². The van der Waals surface area contributed by atoms with E-state index in [1.165, 1.54) is 186 Å². The van der Waals surface area contributed by atoms with Gasteiger partial charge in [0.1, 0.15) is 13.2 Å². The van der Waals surface area contributed by atoms with Crippen molar-refractivity contribution in [2.45, 2.75) is 335 Å². The standard InChI is InChI=1S/C71H124O6/c1-4-7-10-13-16-19-22-25-28-31-33-35-37-40-43-46-49-52-55-58-61-64-70(73)76-67-68(66-75-69(72)63-60-57-54-51-48-45-42-39-30-27-24-21-18-15-12-9-6-3)77-71(74)65-62-59-56-53-50-47-44-41-38-36-34-32-29-26-23-20-17-14-11-8-5-2/h22-23,25-27,30-34,37-38,40-41,68H,4-21,24,28-29,35-36,39,42-67H2,1-3H3/b25-22-,26-23-,30-27-,33-31-,34-32-,40-37-,41-38-. The highest BCUT2D eigenvalue weighted by Crippen LogP contribution is 2.15. The zero-order chi connectivity index (χ0) is 55.7. The summed E-state index contributed by atoms with van der Waals surface area (Å²) < 4.78 is 16.9. The van der Waals surface area contributed by atoms with Crippen molar-refractivity contribution in [3.05, 3.63) is 85.1 Å². The van der Waals surface area contributed by atoms with Gasteiger partial charge in [0.25, 0.3) is 0 Å². The van der Waals surface area contributed by atoms with E-state index in [1.807, 2.05) is 0 Å². The molecule has 1 atom stereocenters. The van der Waals surface area contributed by atoms with Crippen LogP contribution >= 0.6 is 0 Å². The van der Waals surface area contributed by atoms with Gasteiger partial charge in [0.15, 0.2) is 6.10 Å². The van der Waals surface area contributed by atoms with Crippen molar-refractivity contribution in [1.82, 2.24) is 0 Å². The smallest absolute Gasteiger partial charge is 0.306 e. The van der Waals surface area contributed by atoms with Crippen LogP contribution in [0, 0.1) is 0 Å². The largest absolute Gasteiger partial charge is 0.462 e. The minimum atomic E-state index is -0.793. The van der Waals surface area contributed by atoms with Crippen molar-refractivity contribution in [1.29, 1.82) is 0 Å². The molecule has 6 heteroatoms. The highest BCUT2D eigenvalue weighted by atomic mass is 16.6. The Kier molecular flexibility index (Phi) is 62.2. The quantitative estimate of drug-likeness (QED) is 0.0261. The number of hydrogen-bond acceptors (Lipinski definition) is 6. The van der Waals surface area contributed by atoms with Gasteiger partial charge in [-0.2, -0.15) is 0 Å². The van der Waals surface area contributed by atoms with Crippen LogP contribution in [0.2, 0.25) is 0 Å². The van der Waals surface area contributed by atoms with E-state index in [2.05, 4.69) is 106 Å². The molecule has 0 aliphatic carbocycles. The summed E-state index contributed by atoms with van der Waals surface area (Å²) >= 11 is 0. The van der Waals surface area contributed by atoms with Crippen LogP contribution in [0.15, 0.2) is 85.1 Å². The molecule has 0 saturated carbocycles. The summed E-state index contributed by atoms with van der Waals surface area (Å²) in [5, 5.41) is 0. The topological polar surface area (TPSA) is 78.9 Å². The number of hydrogen-bond donors (Lipinski definition) is 0. The first kappa shape index (κ1) is 73.6. The van der Waals surface area contributed by atoms with Crippen LogP contribution in [0.4, 0.5) is 0 Å². The van der Waals surface area contributed by atoms with Gasteiger partial charge in [-0.05, 0) is 122 Å². The van der Waals surface area contributed by atoms with Crippen molar-refractivity contribution in [2.75, 3.05) is 13.2 Å². The van der Waals surface area contributed by atoms with E-state index < -0.39 is 6.10 Å². The lowest BCUT2D eigenvalue weighted by Gasteiger charge is -2.18. The molecule has 0 saturated heterocycles. The molecule has 1 unspecified atom stereocenters. The molecule has 0 heterocycles. The summed E-state index contributed by atoms with van der Waals surface area (Å²) in [4.78, 5) is 38.4. The van der Waals surface area contributed by atoms with E-state index in [-0.39, 0.29) is 31.1 Å². The van der Waals surface area contributed by atoms with Crippen LogP contribution in [0.1, 0.15) is 329 Å². The lowest BCUT2D eigenvalue weighted by Crippen LogP contribution is -2.30. The molecule has 444 valence electrons. The summed E-state index contributed by atoms with van der Waals surface area (Å²) in [5.41, 5.74) is 0. The van der Waals surface area contributed by atoms with Crippen molar-refractivity contribution < 1.29 is 28.6 Å². The van der Waals surface area contributed by atoms with Crippen LogP contribution in [0.3, 0.4) is 0 Å². The minimum absolute atomic E-state index is 0.0878. The third-order valence-corrected chi connectivity index (χ3v) is 14.3. The van der Waals surface area contributed by atoms with Gasteiger partial charge in [0.2, 0.25) is 0 Å². The maximum Gasteiger partial charge on any atom is 0.306 e. The molecular weight excluding hydrogens is 949 g/mol. The molecular formula is C71H124O6. The monoisotopic (exact) mass is 1070 g/mol. The molecule has 0 aliphatic heterocycles. The fourth-order valence-electron chi connectivity index (χ4n) is 9.33. The average Bonchev–Trinajstić information content (AvgIpc) is 3.43. The Bertz CT molecular complexity index is 1470. The van der Waals surface area contributed by atoms with E-state index in [1.54, 1.807) is 0 Å². The number of unbranched alkanes of at least 4 members (excludes halogenated alkanes) is 35. The van der Waals surface area contributed by atoms with Crippen LogP contribution in [-0.4, -0.2) is 37.2 Å². The molecule has 0 aromatic carbocycles. The van der Waals surface area contributed by atoms with Gasteiger partial charge < -0.3 is 14.2 Å². The third kappa shape index (κ3) is 63.3. The summed E-state index contributed by atoms with van der Waals surface area (Å²) in [6, 6.07) is 0. The summed E-state index contributed by atoms with van der Waals surface area (Å²) in [5.74, 6) is -0.904. The Hall–Kier alpha value is -3.41. The average molecular weight is 1070 g/mol. The first-order valence-corrected chi connectivity index (χ1v) is 33.1. The highest BCUT2D eigenvalue weighted by Gasteiger charge is 2.19. The van der Waals surface area contributed by atoms with Gasteiger partial charge in [-0.15, -0.1) is 0 Å². The Morgan fingerprint density at radius 1 is 0.260 bits per heavy atom. The van der Waals surface area contributed by atoms with E-state index in [0.717, 1.165) is 103 Å². The van der Waals surface area contributed by atoms with Crippen molar-refractivity contribution in [3.63, 3.8) is 0 Å². The van der Waals surface area contributed by atoms with Gasteiger partial charge in [0.05, 0.1) is 0 Å². The zero-order valence-electron chi connectivity index (χ0n) is 51.0. The number of rotatable bonds is 60. The Balaban J connectivity index is 4.44. The molecule has 0 spiro atoms. The second kappa shape index (κ2) is 65.1. The SMILES string of the molecule is CCCCCCC/C=C\C/C=C\C/C=C\CCCCCCCCC(=O)OCC(COC(=O)CCCCCCCCC/C=C\CCCCCCCC)OC(=O)CCCCCCCC/C=C\C/C=C\C/C=C\CCCCCCC. The molecule has 0 fully saturated rings. The molecule has 0 N–H and O–H groups in total. The predicted octanol–water partition coefficient (Wildman–Crippen LogP) is 22.7. The van der Waals surface area contributed by atoms with Crippen LogP contribution in [0.25, 0.3) is 0 Å². The number of carbonyl (C=O) groups is 3. The predicted molar refractivity (Wildman–Crippen MR) is 334 cm³/mol. The maximum atomic E-state index is 12.9. The van der Waals surface area contributed by atoms with Crippen molar-refractivity contribution in [2.24, 2.45) is 0 Å². The van der Waals surface area contributed by atoms with Gasteiger partial charge >= 0.3 is 17.9 Å². The molecule has 0 aromatic heterocycles. The van der Waals surface area contributed by atoms with Gasteiger partial charge in [-0.25, -0.2) is 0 Å². The first-order valence-electron chi connectivity index (χ1n) is 33.1. The lowest BCUT2D eigenvalue weighted by molar-refractivity contribution is -0.167. The van der Waals surface area contributed by atoms with Gasteiger partial charge in [-0.1, -0.05) is 273 Å². The third-order valence-electron chi connectivity index (χ3n) is 14.3.